The second-order valence-electron chi connectivity index (χ2n) is 4.17. The molecule has 1 aromatic heterocycles. The van der Waals surface area contributed by atoms with Gasteiger partial charge in [0.1, 0.15) is 0 Å². The fourth-order valence-corrected chi connectivity index (χ4v) is 1.73. The molecule has 0 amide bonds. The molecule has 2 rings (SSSR count). The first-order valence-corrected chi connectivity index (χ1v) is 5.50. The molecule has 0 radical (unpaired) electrons. The summed E-state index contributed by atoms with van der Waals surface area (Å²) in [5, 5.41) is 3.20. The summed E-state index contributed by atoms with van der Waals surface area (Å²) in [4.78, 5) is 8.68. The zero-order chi connectivity index (χ0) is 12.4. The fourth-order valence-electron chi connectivity index (χ4n) is 1.73. The first kappa shape index (κ1) is 11.4. The van der Waals surface area contributed by atoms with Crippen LogP contribution in [-0.2, 0) is 0 Å². The summed E-state index contributed by atoms with van der Waals surface area (Å²) in [7, 11) is 0. The van der Waals surface area contributed by atoms with Gasteiger partial charge >= 0.3 is 0 Å². The Hall–Kier alpha value is -2.10. The number of rotatable bonds is 2. The molecular formula is C13H16N4. The third-order valence-electron chi connectivity index (χ3n) is 2.48. The van der Waals surface area contributed by atoms with Crippen molar-refractivity contribution >= 4 is 17.3 Å². The zero-order valence-corrected chi connectivity index (χ0v) is 10.3. The Labute approximate surface area is 101 Å². The van der Waals surface area contributed by atoms with Crippen molar-refractivity contribution in [1.82, 2.24) is 9.97 Å². The molecule has 0 aliphatic rings. The van der Waals surface area contributed by atoms with Gasteiger partial charge in [-0.1, -0.05) is 0 Å². The maximum atomic E-state index is 5.71. The molecule has 4 heteroatoms. The predicted octanol–water partition coefficient (Wildman–Crippen LogP) is 2.73. The number of aromatic nitrogens is 2. The number of nitrogen functional groups attached to an aromatic ring is 1. The van der Waals surface area contributed by atoms with Crippen molar-refractivity contribution in [3.8, 4) is 0 Å². The monoisotopic (exact) mass is 228 g/mol. The average Bonchev–Trinajstić information content (AvgIpc) is 2.21. The number of anilines is 3. The molecule has 4 nitrogen and oxygen atoms in total. The Morgan fingerprint density at radius 3 is 2.24 bits per heavy atom. The topological polar surface area (TPSA) is 63.8 Å². The maximum absolute atomic E-state index is 5.71. The normalized spacial score (nSPS) is 10.3. The number of hydrogen-bond donors (Lipinski definition) is 2. The lowest BCUT2D eigenvalue weighted by Gasteiger charge is -2.09. The van der Waals surface area contributed by atoms with Crippen molar-refractivity contribution in [3.63, 3.8) is 0 Å². The van der Waals surface area contributed by atoms with Crippen LogP contribution in [0.1, 0.15) is 17.0 Å². The first-order chi connectivity index (χ1) is 8.04. The zero-order valence-electron chi connectivity index (χ0n) is 10.3. The molecule has 0 bridgehead atoms. The van der Waals surface area contributed by atoms with Gasteiger partial charge in [-0.2, -0.15) is 0 Å². The van der Waals surface area contributed by atoms with Gasteiger partial charge in [0.05, 0.1) is 0 Å². The Kier molecular flexibility index (Phi) is 2.95. The molecule has 1 heterocycles. The molecular weight excluding hydrogens is 212 g/mol. The van der Waals surface area contributed by atoms with Crippen LogP contribution in [-0.4, -0.2) is 9.97 Å². The highest BCUT2D eigenvalue weighted by molar-refractivity contribution is 5.62. The Bertz CT molecular complexity index is 529. The van der Waals surface area contributed by atoms with Crippen LogP contribution in [0.15, 0.2) is 24.3 Å². The van der Waals surface area contributed by atoms with Crippen molar-refractivity contribution < 1.29 is 0 Å². The summed E-state index contributed by atoms with van der Waals surface area (Å²) >= 11 is 0. The number of hydrogen-bond acceptors (Lipinski definition) is 4. The molecule has 0 aliphatic carbocycles. The van der Waals surface area contributed by atoms with E-state index in [0.717, 1.165) is 28.3 Å². The van der Waals surface area contributed by atoms with Crippen LogP contribution in [0.25, 0.3) is 0 Å². The summed E-state index contributed by atoms with van der Waals surface area (Å²) in [6, 6.07) is 7.66. The van der Waals surface area contributed by atoms with Crippen molar-refractivity contribution in [2.45, 2.75) is 20.8 Å². The highest BCUT2D eigenvalue weighted by Crippen LogP contribution is 2.20. The van der Waals surface area contributed by atoms with Gasteiger partial charge in [-0.05, 0) is 50.6 Å². The van der Waals surface area contributed by atoms with E-state index in [0.29, 0.717) is 5.95 Å². The van der Waals surface area contributed by atoms with Gasteiger partial charge in [0.2, 0.25) is 5.95 Å². The number of nitrogens with one attached hydrogen (secondary N) is 1. The highest BCUT2D eigenvalue weighted by Gasteiger charge is 2.03. The van der Waals surface area contributed by atoms with E-state index in [4.69, 9.17) is 5.73 Å². The van der Waals surface area contributed by atoms with Crippen molar-refractivity contribution in [3.05, 3.63) is 41.2 Å². The van der Waals surface area contributed by atoms with E-state index in [1.54, 1.807) is 0 Å². The van der Waals surface area contributed by atoms with Crippen molar-refractivity contribution in [2.75, 3.05) is 11.1 Å². The van der Waals surface area contributed by atoms with E-state index in [1.165, 1.54) is 0 Å². The molecule has 0 atom stereocenters. The molecule has 0 fully saturated rings. The van der Waals surface area contributed by atoms with Crippen LogP contribution in [0, 0.1) is 20.8 Å². The summed E-state index contributed by atoms with van der Waals surface area (Å²) in [5.41, 5.74) is 10.4. The van der Waals surface area contributed by atoms with Crippen molar-refractivity contribution in [1.29, 1.82) is 0 Å². The molecule has 17 heavy (non-hydrogen) atoms. The van der Waals surface area contributed by atoms with Gasteiger partial charge in [-0.15, -0.1) is 0 Å². The Morgan fingerprint density at radius 1 is 1.00 bits per heavy atom. The van der Waals surface area contributed by atoms with Gasteiger partial charge in [0.25, 0.3) is 0 Å². The van der Waals surface area contributed by atoms with Crippen LogP contribution < -0.4 is 11.1 Å². The van der Waals surface area contributed by atoms with Crippen LogP contribution in [0.3, 0.4) is 0 Å². The lowest BCUT2D eigenvalue weighted by Crippen LogP contribution is -2.01. The second-order valence-corrected chi connectivity index (χ2v) is 4.17. The quantitative estimate of drug-likeness (QED) is 0.776. The van der Waals surface area contributed by atoms with E-state index < -0.39 is 0 Å². The summed E-state index contributed by atoms with van der Waals surface area (Å²) in [6.45, 7) is 5.91. The smallest absolute Gasteiger partial charge is 0.227 e. The summed E-state index contributed by atoms with van der Waals surface area (Å²) < 4.78 is 0. The molecule has 0 saturated carbocycles. The molecule has 1 aromatic carbocycles. The van der Waals surface area contributed by atoms with Gasteiger partial charge in [0.15, 0.2) is 0 Å². The van der Waals surface area contributed by atoms with E-state index in [9.17, 15) is 0 Å². The largest absolute Gasteiger partial charge is 0.399 e. The summed E-state index contributed by atoms with van der Waals surface area (Å²) in [6.07, 6.45) is 0. The highest BCUT2D eigenvalue weighted by atomic mass is 15.1. The number of aryl methyl sites for hydroxylation is 3. The Morgan fingerprint density at radius 2 is 1.65 bits per heavy atom. The third kappa shape index (κ3) is 2.72. The van der Waals surface area contributed by atoms with Crippen LogP contribution in [0.5, 0.6) is 0 Å². The lowest BCUT2D eigenvalue weighted by molar-refractivity contribution is 1.06. The third-order valence-corrected chi connectivity index (χ3v) is 2.48. The molecule has 0 spiro atoms. The predicted molar refractivity (Wildman–Crippen MR) is 70.4 cm³/mol. The minimum atomic E-state index is 0.621. The minimum absolute atomic E-state index is 0.621. The van der Waals surface area contributed by atoms with Crippen LogP contribution in [0.2, 0.25) is 0 Å². The van der Waals surface area contributed by atoms with Gasteiger partial charge in [-0.25, -0.2) is 9.97 Å². The number of nitrogens with two attached hydrogens (primary N) is 1. The molecule has 2 aromatic rings. The van der Waals surface area contributed by atoms with Crippen LogP contribution >= 0.6 is 0 Å². The molecule has 88 valence electrons. The van der Waals surface area contributed by atoms with E-state index in [-0.39, 0.29) is 0 Å². The average molecular weight is 228 g/mol. The number of nitrogens with zero attached hydrogens (tertiary/aromatic N) is 2. The lowest BCUT2D eigenvalue weighted by atomic mass is 10.2. The standard InChI is InChI=1S/C13H16N4/c1-8-6-11(14)4-5-12(8)17-13-15-9(2)7-10(3)16-13/h4-7H,14H2,1-3H3,(H,15,16,17). The maximum Gasteiger partial charge on any atom is 0.227 e. The Balaban J connectivity index is 2.31. The fraction of sp³-hybridized carbons (Fsp3) is 0.231. The molecule has 0 saturated heterocycles. The first-order valence-electron chi connectivity index (χ1n) is 5.50. The minimum Gasteiger partial charge on any atom is -0.399 e. The summed E-state index contributed by atoms with van der Waals surface area (Å²) in [5.74, 6) is 0.621. The van der Waals surface area contributed by atoms with Gasteiger partial charge in [0, 0.05) is 22.8 Å². The second kappa shape index (κ2) is 4.41. The van der Waals surface area contributed by atoms with E-state index in [1.807, 2.05) is 45.0 Å². The SMILES string of the molecule is Cc1cc(C)nc(Nc2ccc(N)cc2C)n1. The van der Waals surface area contributed by atoms with E-state index in [2.05, 4.69) is 15.3 Å². The van der Waals surface area contributed by atoms with Gasteiger partial charge in [-0.3, -0.25) is 0 Å². The number of benzene rings is 1. The van der Waals surface area contributed by atoms with Gasteiger partial charge < -0.3 is 11.1 Å². The molecule has 0 aliphatic heterocycles. The van der Waals surface area contributed by atoms with Crippen LogP contribution in [0.4, 0.5) is 17.3 Å². The molecule has 0 unspecified atom stereocenters. The van der Waals surface area contributed by atoms with E-state index >= 15 is 0 Å². The van der Waals surface area contributed by atoms with Crippen molar-refractivity contribution in [2.24, 2.45) is 0 Å². The molecule has 3 N–H and O–H groups in total.